The topological polar surface area (TPSA) is 101 Å². The summed E-state index contributed by atoms with van der Waals surface area (Å²) in [6, 6.07) is 27.7. The summed E-state index contributed by atoms with van der Waals surface area (Å²) >= 11 is 0. The lowest BCUT2D eigenvalue weighted by Gasteiger charge is -2.26. The average Bonchev–Trinajstić information content (AvgIpc) is 3.51. The summed E-state index contributed by atoms with van der Waals surface area (Å²) in [4.78, 5) is 34.9. The van der Waals surface area contributed by atoms with Gasteiger partial charge in [-0.2, -0.15) is 0 Å². The minimum Gasteiger partial charge on any atom is -0.383 e. The SMILES string of the molecule is Nc1ncc(-c2ccc(CN3CCOCC3)cc2)cc1C(=O)N[C@@H]1CCN(C(=O)c2ccc(-c3ccccc3)cc2)C1. The predicted octanol–water partition coefficient (Wildman–Crippen LogP) is 4.47. The minimum absolute atomic E-state index is 0.0356. The first kappa shape index (κ1) is 27.6. The van der Waals surface area contributed by atoms with Gasteiger partial charge in [-0.05, 0) is 46.9 Å². The molecule has 0 spiro atoms. The van der Waals surface area contributed by atoms with E-state index in [4.69, 9.17) is 10.5 Å². The molecular formula is C34H35N5O3. The third kappa shape index (κ3) is 6.35. The Morgan fingerprint density at radius 2 is 1.52 bits per heavy atom. The number of carbonyl (C=O) groups excluding carboxylic acids is 2. The van der Waals surface area contributed by atoms with Gasteiger partial charge in [0.2, 0.25) is 0 Å². The number of amides is 2. The van der Waals surface area contributed by atoms with Gasteiger partial charge in [-0.25, -0.2) is 4.98 Å². The number of ether oxygens (including phenoxy) is 1. The van der Waals surface area contributed by atoms with E-state index in [9.17, 15) is 9.59 Å². The lowest BCUT2D eigenvalue weighted by Crippen LogP contribution is -2.38. The van der Waals surface area contributed by atoms with Crippen LogP contribution in [0.3, 0.4) is 0 Å². The lowest BCUT2D eigenvalue weighted by atomic mass is 10.0. The summed E-state index contributed by atoms with van der Waals surface area (Å²) in [7, 11) is 0. The molecule has 6 rings (SSSR count). The third-order valence-electron chi connectivity index (χ3n) is 8.01. The first-order valence-electron chi connectivity index (χ1n) is 14.4. The Morgan fingerprint density at radius 3 is 2.26 bits per heavy atom. The molecule has 42 heavy (non-hydrogen) atoms. The maximum atomic E-state index is 13.2. The van der Waals surface area contributed by atoms with Gasteiger partial charge < -0.3 is 20.7 Å². The summed E-state index contributed by atoms with van der Waals surface area (Å²) in [5.74, 6) is -0.131. The molecule has 0 unspecified atom stereocenters. The van der Waals surface area contributed by atoms with E-state index >= 15 is 0 Å². The Balaban J connectivity index is 1.07. The standard InChI is InChI=1S/C34H35N5O3/c35-32-31(20-29(21-36-32)27-8-6-24(7-9-27)22-38-16-18-42-19-17-38)33(40)37-30-14-15-39(23-30)34(41)28-12-10-26(11-13-28)25-4-2-1-3-5-25/h1-13,20-21,30H,14-19,22-23H2,(H2,35,36)(H,37,40)/t30-/m1/s1. The molecule has 0 saturated carbocycles. The van der Waals surface area contributed by atoms with Crippen molar-refractivity contribution in [2.24, 2.45) is 0 Å². The third-order valence-corrected chi connectivity index (χ3v) is 8.01. The van der Waals surface area contributed by atoms with Crippen LogP contribution in [0.5, 0.6) is 0 Å². The lowest BCUT2D eigenvalue weighted by molar-refractivity contribution is 0.0342. The van der Waals surface area contributed by atoms with E-state index in [1.807, 2.05) is 54.6 Å². The number of anilines is 1. The Kier molecular flexibility index (Phi) is 8.26. The van der Waals surface area contributed by atoms with Crippen molar-refractivity contribution in [1.29, 1.82) is 0 Å². The van der Waals surface area contributed by atoms with Gasteiger partial charge in [0.25, 0.3) is 11.8 Å². The maximum Gasteiger partial charge on any atom is 0.255 e. The molecule has 3 heterocycles. The molecule has 2 aliphatic rings. The molecule has 8 heteroatoms. The second kappa shape index (κ2) is 12.5. The Labute approximate surface area is 246 Å². The van der Waals surface area contributed by atoms with E-state index in [2.05, 4.69) is 39.5 Å². The van der Waals surface area contributed by atoms with Crippen LogP contribution in [0.4, 0.5) is 5.82 Å². The van der Waals surface area contributed by atoms with Gasteiger partial charge in [0.15, 0.2) is 0 Å². The van der Waals surface area contributed by atoms with Gasteiger partial charge in [-0.15, -0.1) is 0 Å². The number of rotatable bonds is 7. The van der Waals surface area contributed by atoms with Crippen molar-refractivity contribution in [3.63, 3.8) is 0 Å². The number of nitrogens with one attached hydrogen (secondary N) is 1. The molecule has 3 aromatic carbocycles. The fourth-order valence-electron chi connectivity index (χ4n) is 5.58. The summed E-state index contributed by atoms with van der Waals surface area (Å²) in [5, 5.41) is 3.07. The number of likely N-dealkylation sites (tertiary alicyclic amines) is 1. The molecule has 2 amide bonds. The van der Waals surface area contributed by atoms with Crippen LogP contribution in [0.25, 0.3) is 22.3 Å². The highest BCUT2D eigenvalue weighted by atomic mass is 16.5. The first-order chi connectivity index (χ1) is 20.5. The second-order valence-electron chi connectivity index (χ2n) is 10.9. The molecule has 1 atom stereocenters. The quantitative estimate of drug-likeness (QED) is 0.345. The van der Waals surface area contributed by atoms with Crippen molar-refractivity contribution in [2.75, 3.05) is 45.1 Å². The van der Waals surface area contributed by atoms with Gasteiger partial charge in [0.05, 0.1) is 18.8 Å². The molecule has 0 radical (unpaired) electrons. The molecule has 1 aromatic heterocycles. The minimum atomic E-state index is -0.280. The number of morpholine rings is 1. The number of aromatic nitrogens is 1. The number of carbonyl (C=O) groups is 2. The average molecular weight is 562 g/mol. The monoisotopic (exact) mass is 561 g/mol. The fourth-order valence-corrected chi connectivity index (χ4v) is 5.58. The van der Waals surface area contributed by atoms with Crippen LogP contribution >= 0.6 is 0 Å². The molecule has 2 saturated heterocycles. The first-order valence-corrected chi connectivity index (χ1v) is 14.4. The Hall–Kier alpha value is -4.53. The fraction of sp³-hybridized carbons (Fsp3) is 0.265. The van der Waals surface area contributed by atoms with Gasteiger partial charge in [0, 0.05) is 56.1 Å². The zero-order valence-corrected chi connectivity index (χ0v) is 23.5. The summed E-state index contributed by atoms with van der Waals surface area (Å²) in [6.07, 6.45) is 2.37. The molecule has 214 valence electrons. The predicted molar refractivity (Wildman–Crippen MR) is 164 cm³/mol. The highest BCUT2D eigenvalue weighted by molar-refractivity contribution is 6.00. The van der Waals surface area contributed by atoms with E-state index in [0.29, 0.717) is 30.6 Å². The van der Waals surface area contributed by atoms with Crippen molar-refractivity contribution in [1.82, 2.24) is 20.1 Å². The number of nitrogen functional groups attached to an aromatic ring is 1. The molecule has 0 bridgehead atoms. The number of nitrogens with zero attached hydrogens (tertiary/aromatic N) is 3. The zero-order chi connectivity index (χ0) is 28.9. The molecule has 2 fully saturated rings. The number of benzene rings is 3. The van der Waals surface area contributed by atoms with Crippen molar-refractivity contribution >= 4 is 17.6 Å². The molecule has 2 aliphatic heterocycles. The van der Waals surface area contributed by atoms with Gasteiger partial charge in [-0.3, -0.25) is 14.5 Å². The zero-order valence-electron chi connectivity index (χ0n) is 23.5. The van der Waals surface area contributed by atoms with Crippen LogP contribution < -0.4 is 11.1 Å². The number of hydrogen-bond donors (Lipinski definition) is 2. The van der Waals surface area contributed by atoms with E-state index in [0.717, 1.165) is 55.1 Å². The van der Waals surface area contributed by atoms with Gasteiger partial charge in [-0.1, -0.05) is 66.7 Å². The van der Waals surface area contributed by atoms with Crippen molar-refractivity contribution < 1.29 is 14.3 Å². The molecule has 0 aliphatic carbocycles. The Morgan fingerprint density at radius 1 is 0.857 bits per heavy atom. The van der Waals surface area contributed by atoms with Crippen molar-refractivity contribution in [2.45, 2.75) is 19.0 Å². The number of pyridine rings is 1. The molecule has 3 N–H and O–H groups in total. The normalized spacial score (nSPS) is 17.2. The number of hydrogen-bond acceptors (Lipinski definition) is 6. The van der Waals surface area contributed by atoms with E-state index in [1.165, 1.54) is 5.56 Å². The van der Waals surface area contributed by atoms with Crippen LogP contribution in [0.2, 0.25) is 0 Å². The molecule has 8 nitrogen and oxygen atoms in total. The van der Waals surface area contributed by atoms with E-state index in [-0.39, 0.29) is 23.7 Å². The van der Waals surface area contributed by atoms with Crippen molar-refractivity contribution in [3.05, 3.63) is 108 Å². The van der Waals surface area contributed by atoms with Crippen LogP contribution in [-0.4, -0.2) is 72.0 Å². The van der Waals surface area contributed by atoms with E-state index in [1.54, 1.807) is 17.2 Å². The largest absolute Gasteiger partial charge is 0.383 e. The highest BCUT2D eigenvalue weighted by Gasteiger charge is 2.29. The van der Waals surface area contributed by atoms with E-state index < -0.39 is 0 Å². The van der Waals surface area contributed by atoms with Crippen LogP contribution in [0.1, 0.15) is 32.7 Å². The molecule has 4 aromatic rings. The smallest absolute Gasteiger partial charge is 0.255 e. The van der Waals surface area contributed by atoms with Gasteiger partial charge >= 0.3 is 0 Å². The summed E-state index contributed by atoms with van der Waals surface area (Å²) in [6.45, 7) is 5.35. The maximum absolute atomic E-state index is 13.2. The van der Waals surface area contributed by atoms with Gasteiger partial charge in [0.1, 0.15) is 5.82 Å². The second-order valence-corrected chi connectivity index (χ2v) is 10.9. The van der Waals surface area contributed by atoms with Crippen LogP contribution in [0.15, 0.2) is 91.1 Å². The summed E-state index contributed by atoms with van der Waals surface area (Å²) < 4.78 is 5.44. The number of nitrogens with two attached hydrogens (primary N) is 1. The highest BCUT2D eigenvalue weighted by Crippen LogP contribution is 2.24. The summed E-state index contributed by atoms with van der Waals surface area (Å²) in [5.41, 5.74) is 12.3. The van der Waals surface area contributed by atoms with Crippen LogP contribution in [-0.2, 0) is 11.3 Å². The van der Waals surface area contributed by atoms with Crippen molar-refractivity contribution in [3.8, 4) is 22.3 Å². The molecular weight excluding hydrogens is 526 g/mol. The Bertz CT molecular complexity index is 1530. The van der Waals surface area contributed by atoms with Crippen LogP contribution in [0, 0.1) is 0 Å².